The van der Waals surface area contributed by atoms with Crippen LogP contribution in [-0.2, 0) is 0 Å². The second-order valence-corrected chi connectivity index (χ2v) is 46.7. The Morgan fingerprint density at radius 2 is 0.485 bits per heavy atom. The summed E-state index contributed by atoms with van der Waals surface area (Å²) in [6, 6.07) is 0. The van der Waals surface area contributed by atoms with E-state index >= 15 is 0 Å². The van der Waals surface area contributed by atoms with Gasteiger partial charge in [-0.25, -0.2) is 0 Å². The summed E-state index contributed by atoms with van der Waals surface area (Å²) < 4.78 is 0. The van der Waals surface area contributed by atoms with Crippen molar-refractivity contribution in [1.82, 2.24) is 0 Å². The van der Waals surface area contributed by atoms with Gasteiger partial charge in [0.15, 0.2) is 0 Å². The van der Waals surface area contributed by atoms with Gasteiger partial charge in [-0.1, -0.05) is 0 Å². The molecule has 0 heterocycles. The van der Waals surface area contributed by atoms with E-state index in [-0.39, 0.29) is 0 Å². The fourth-order valence-electron chi connectivity index (χ4n) is 5.81. The molecule has 0 amide bonds. The van der Waals surface area contributed by atoms with Gasteiger partial charge in [0.05, 0.1) is 0 Å². The molecule has 0 aromatic heterocycles. The Bertz CT molecular complexity index is 310. The third-order valence-electron chi connectivity index (χ3n) is 7.95. The predicted octanol–water partition coefficient (Wildman–Crippen LogP) is 13.0. The molecule has 0 aliphatic carbocycles. The van der Waals surface area contributed by atoms with E-state index in [1.165, 1.54) is 77.0 Å². The van der Waals surface area contributed by atoms with Crippen molar-refractivity contribution in [3.63, 3.8) is 0 Å². The number of hydrogen-bond acceptors (Lipinski definition) is 0. The molecule has 0 atom stereocenters. The van der Waals surface area contributed by atoms with Crippen molar-refractivity contribution in [2.24, 2.45) is 0 Å². The molecule has 0 spiro atoms. The Labute approximate surface area is 219 Å². The zero-order valence-electron chi connectivity index (χ0n) is 24.4. The van der Waals surface area contributed by atoms with E-state index in [2.05, 4.69) is 47.3 Å². The topological polar surface area (TPSA) is 0 Å². The summed E-state index contributed by atoms with van der Waals surface area (Å²) in [5.41, 5.74) is 0. The SMILES string of the molecule is CCCC[CH2][Ge]([CH2]CCCC)([CH2]CCCC)[P][Ge]([CH2]CCCC)([CH2]CCCC)[CH2]CCCC. The Morgan fingerprint density at radius 1 is 0.303 bits per heavy atom. The third-order valence-corrected chi connectivity index (χ3v) is 69.0. The Hall–Kier alpha value is 1.52. The normalized spacial score (nSPS) is 12.5. The second kappa shape index (κ2) is 23.9. The molecule has 0 aliphatic rings. The van der Waals surface area contributed by atoms with E-state index in [4.69, 9.17) is 0 Å². The summed E-state index contributed by atoms with van der Waals surface area (Å²) in [4.78, 5) is 0. The summed E-state index contributed by atoms with van der Waals surface area (Å²) in [5.74, 6) is 2.28. The van der Waals surface area contributed by atoms with Crippen molar-refractivity contribution >= 4 is 31.4 Å². The minimum absolute atomic E-state index is 1.41. The van der Waals surface area contributed by atoms with E-state index in [0.717, 1.165) is 0 Å². The van der Waals surface area contributed by atoms with Crippen LogP contribution < -0.4 is 0 Å². The summed E-state index contributed by atoms with van der Waals surface area (Å²) in [6.45, 7) is 14.5. The fraction of sp³-hybridized carbons (Fsp3) is 1.00. The van der Waals surface area contributed by atoms with Gasteiger partial charge in [0, 0.05) is 0 Å². The molecule has 0 aliphatic heterocycles. The van der Waals surface area contributed by atoms with Gasteiger partial charge in [0.2, 0.25) is 0 Å². The van der Waals surface area contributed by atoms with Gasteiger partial charge < -0.3 is 0 Å². The monoisotopic (exact) mass is 605 g/mol. The van der Waals surface area contributed by atoms with Gasteiger partial charge >= 0.3 is 220 Å². The molecule has 0 rings (SSSR count). The van der Waals surface area contributed by atoms with Crippen LogP contribution >= 0.6 is 5.80 Å². The van der Waals surface area contributed by atoms with Crippen LogP contribution in [0.15, 0.2) is 0 Å². The molecule has 0 N–H and O–H groups in total. The van der Waals surface area contributed by atoms with Crippen LogP contribution in [0.2, 0.25) is 31.5 Å². The zero-order valence-corrected chi connectivity index (χ0v) is 29.5. The molecule has 33 heavy (non-hydrogen) atoms. The second-order valence-electron chi connectivity index (χ2n) is 11.3. The standard InChI is InChI=1S/C30H66Ge2P/c1-7-13-19-25-31(26-20-14-8-2,27-21-15-9-3)33-32(28-22-16-10-4,29-23-17-11-5)30-24-18-12-6/h7-30H2,1-6H3. The van der Waals surface area contributed by atoms with Gasteiger partial charge in [-0.2, -0.15) is 0 Å². The average Bonchev–Trinajstić information content (AvgIpc) is 2.80. The molecule has 0 fully saturated rings. The first kappa shape index (κ1) is 34.5. The number of rotatable bonds is 26. The van der Waals surface area contributed by atoms with Crippen molar-refractivity contribution in [1.29, 1.82) is 0 Å². The van der Waals surface area contributed by atoms with E-state index in [1.54, 1.807) is 70.0 Å². The Kier molecular flexibility index (Phi) is 25.0. The molecule has 3 heteroatoms. The van der Waals surface area contributed by atoms with Crippen molar-refractivity contribution < 1.29 is 0 Å². The van der Waals surface area contributed by atoms with Crippen LogP contribution in [0.4, 0.5) is 0 Å². The van der Waals surface area contributed by atoms with E-state index in [1.807, 2.05) is 0 Å². The Balaban J connectivity index is 5.91. The summed E-state index contributed by atoms with van der Waals surface area (Å²) >= 11 is -3.63. The van der Waals surface area contributed by atoms with Crippen LogP contribution in [0.1, 0.15) is 157 Å². The van der Waals surface area contributed by atoms with Crippen molar-refractivity contribution in [2.75, 3.05) is 0 Å². The molecule has 0 bridgehead atoms. The molecule has 0 unspecified atom stereocenters. The zero-order chi connectivity index (χ0) is 24.7. The summed E-state index contributed by atoms with van der Waals surface area (Å²) in [5, 5.41) is 10.4. The van der Waals surface area contributed by atoms with Gasteiger partial charge in [0.1, 0.15) is 0 Å². The number of unbranched alkanes of at least 4 members (excludes halogenated alkanes) is 12. The first-order chi connectivity index (χ1) is 16.1. The molecule has 0 aromatic rings. The van der Waals surface area contributed by atoms with Gasteiger partial charge in [0.25, 0.3) is 0 Å². The van der Waals surface area contributed by atoms with Gasteiger partial charge in [-0.05, 0) is 0 Å². The molecule has 0 saturated carbocycles. The Morgan fingerprint density at radius 3 is 0.636 bits per heavy atom. The van der Waals surface area contributed by atoms with Crippen molar-refractivity contribution in [3.8, 4) is 0 Å². The summed E-state index contributed by atoms with van der Waals surface area (Å²) in [7, 11) is 0. The molecule has 0 saturated heterocycles. The van der Waals surface area contributed by atoms with Crippen molar-refractivity contribution in [2.45, 2.75) is 189 Å². The van der Waals surface area contributed by atoms with E-state index < -0.39 is 25.6 Å². The fourth-order valence-corrected chi connectivity index (χ4v) is 92.4. The van der Waals surface area contributed by atoms with E-state index in [9.17, 15) is 0 Å². The maximum atomic E-state index is 2.42. The van der Waals surface area contributed by atoms with Crippen LogP contribution in [-0.4, -0.2) is 25.6 Å². The van der Waals surface area contributed by atoms with Crippen LogP contribution in [0.3, 0.4) is 0 Å². The quantitative estimate of drug-likeness (QED) is 0.0525. The molecular weight excluding hydrogens is 537 g/mol. The van der Waals surface area contributed by atoms with Crippen molar-refractivity contribution in [3.05, 3.63) is 0 Å². The molecule has 1 radical (unpaired) electrons. The third kappa shape index (κ3) is 17.6. The van der Waals surface area contributed by atoms with E-state index in [0.29, 0.717) is 0 Å². The number of hydrogen-bond donors (Lipinski definition) is 0. The average molecular weight is 603 g/mol. The van der Waals surface area contributed by atoms with Gasteiger partial charge in [-0.15, -0.1) is 0 Å². The van der Waals surface area contributed by atoms with Crippen LogP contribution in [0.25, 0.3) is 0 Å². The maximum absolute atomic E-state index is 2.42. The predicted molar refractivity (Wildman–Crippen MR) is 164 cm³/mol. The van der Waals surface area contributed by atoms with Gasteiger partial charge in [-0.3, -0.25) is 0 Å². The minimum atomic E-state index is -1.82. The molecule has 0 nitrogen and oxygen atoms in total. The summed E-state index contributed by atoms with van der Waals surface area (Å²) in [6.07, 6.45) is 27.0. The molecule has 199 valence electrons. The van der Waals surface area contributed by atoms with Crippen LogP contribution in [0, 0.1) is 0 Å². The molecular formula is C30H66Ge2P. The first-order valence-electron chi connectivity index (χ1n) is 15.8. The van der Waals surface area contributed by atoms with Crippen LogP contribution in [0.5, 0.6) is 0 Å². The first-order valence-corrected chi connectivity index (χ1v) is 31.2. The molecule has 0 aromatic carbocycles.